The fourth-order valence-corrected chi connectivity index (χ4v) is 4.81. The lowest BCUT2D eigenvalue weighted by Crippen LogP contribution is -3.14. The summed E-state index contributed by atoms with van der Waals surface area (Å²) in [5.41, 5.74) is 7.13. The molecule has 1 aliphatic heterocycles. The Balaban J connectivity index is 1.66. The van der Waals surface area contributed by atoms with Crippen LogP contribution in [0.25, 0.3) is 0 Å². The number of hydrogen-bond acceptors (Lipinski definition) is 3. The number of piperidine rings is 1. The third-order valence-electron chi connectivity index (χ3n) is 4.81. The molecular weight excluding hydrogens is 298 g/mol. The van der Waals surface area contributed by atoms with E-state index in [4.69, 9.17) is 5.73 Å². The van der Waals surface area contributed by atoms with E-state index < -0.39 is 5.91 Å². The molecule has 0 aromatic carbocycles. The molecule has 0 unspecified atom stereocenters. The topological polar surface area (TPSA) is 76.6 Å². The molecule has 1 aromatic heterocycles. The first-order valence-corrected chi connectivity index (χ1v) is 8.94. The molecule has 2 amide bonds. The van der Waals surface area contributed by atoms with Crippen molar-refractivity contribution in [3.63, 3.8) is 0 Å². The number of primary amides is 1. The van der Waals surface area contributed by atoms with Crippen LogP contribution in [0.1, 0.15) is 47.0 Å². The van der Waals surface area contributed by atoms with Crippen LogP contribution in [-0.2, 0) is 17.6 Å². The van der Waals surface area contributed by atoms with Gasteiger partial charge in [0.15, 0.2) is 6.54 Å². The maximum atomic E-state index is 12.3. The van der Waals surface area contributed by atoms with Crippen molar-refractivity contribution < 1.29 is 14.5 Å². The molecule has 2 aliphatic rings. The van der Waals surface area contributed by atoms with Crippen molar-refractivity contribution >= 4 is 28.2 Å². The third kappa shape index (κ3) is 3.17. The second kappa shape index (κ2) is 6.38. The molecule has 2 heterocycles. The first-order chi connectivity index (χ1) is 10.5. The van der Waals surface area contributed by atoms with Crippen molar-refractivity contribution in [2.24, 2.45) is 11.7 Å². The molecule has 22 heavy (non-hydrogen) atoms. The molecule has 1 fully saturated rings. The summed E-state index contributed by atoms with van der Waals surface area (Å²) in [5, 5.41) is 3.60. The lowest BCUT2D eigenvalue weighted by molar-refractivity contribution is -0.897. The Morgan fingerprint density at radius 3 is 2.73 bits per heavy atom. The molecule has 1 aliphatic carbocycles. The van der Waals surface area contributed by atoms with Gasteiger partial charge in [0, 0.05) is 4.88 Å². The van der Waals surface area contributed by atoms with Gasteiger partial charge in [-0.15, -0.1) is 11.3 Å². The molecule has 1 aromatic rings. The van der Waals surface area contributed by atoms with E-state index in [1.165, 1.54) is 34.0 Å². The number of anilines is 1. The maximum absolute atomic E-state index is 12.3. The van der Waals surface area contributed by atoms with Crippen LogP contribution < -0.4 is 16.0 Å². The fourth-order valence-electron chi connectivity index (χ4n) is 3.50. The van der Waals surface area contributed by atoms with Crippen LogP contribution in [0, 0.1) is 5.92 Å². The summed E-state index contributed by atoms with van der Waals surface area (Å²) in [6, 6.07) is 0. The predicted molar refractivity (Wildman–Crippen MR) is 87.5 cm³/mol. The summed E-state index contributed by atoms with van der Waals surface area (Å²) in [4.78, 5) is 26.6. The molecule has 3 rings (SSSR count). The number of hydrogen-bond donors (Lipinski definition) is 3. The van der Waals surface area contributed by atoms with Crippen LogP contribution >= 0.6 is 11.3 Å². The Morgan fingerprint density at radius 2 is 2.05 bits per heavy atom. The number of quaternary nitrogens is 1. The number of fused-ring (bicyclic) bond motifs is 1. The van der Waals surface area contributed by atoms with E-state index in [9.17, 15) is 9.59 Å². The Kier molecular flexibility index (Phi) is 4.49. The minimum absolute atomic E-state index is 0.00743. The minimum Gasteiger partial charge on any atom is -0.365 e. The van der Waals surface area contributed by atoms with Crippen molar-refractivity contribution in [2.75, 3.05) is 25.0 Å². The molecule has 1 saturated heterocycles. The molecule has 0 bridgehead atoms. The van der Waals surface area contributed by atoms with Gasteiger partial charge < -0.3 is 16.0 Å². The van der Waals surface area contributed by atoms with Crippen molar-refractivity contribution in [2.45, 2.75) is 39.0 Å². The summed E-state index contributed by atoms with van der Waals surface area (Å²) >= 11 is 1.53. The summed E-state index contributed by atoms with van der Waals surface area (Å²) in [6.07, 6.45) is 5.33. The van der Waals surface area contributed by atoms with E-state index in [0.29, 0.717) is 17.1 Å². The quantitative estimate of drug-likeness (QED) is 0.759. The summed E-state index contributed by atoms with van der Waals surface area (Å²) in [5.74, 6) is 0.342. The smallest absolute Gasteiger partial charge is 0.280 e. The number of amides is 2. The van der Waals surface area contributed by atoms with Gasteiger partial charge in [-0.1, -0.05) is 6.92 Å². The zero-order valence-electron chi connectivity index (χ0n) is 13.0. The van der Waals surface area contributed by atoms with Gasteiger partial charge in [-0.25, -0.2) is 0 Å². The van der Waals surface area contributed by atoms with E-state index in [0.717, 1.165) is 43.8 Å². The highest BCUT2D eigenvalue weighted by molar-refractivity contribution is 7.17. The van der Waals surface area contributed by atoms with Crippen molar-refractivity contribution in [1.82, 2.24) is 0 Å². The number of nitrogens with one attached hydrogen (secondary N) is 2. The van der Waals surface area contributed by atoms with Gasteiger partial charge in [-0.2, -0.15) is 0 Å². The largest absolute Gasteiger partial charge is 0.365 e. The SMILES string of the molecule is CC1CC[NH+](CC(=O)Nc2sc3c(c2C(N)=O)CCC3)CC1. The Hall–Kier alpha value is -1.40. The third-order valence-corrected chi connectivity index (χ3v) is 6.02. The molecule has 6 heteroatoms. The molecule has 120 valence electrons. The number of thiophene rings is 1. The normalized spacial score (nSPS) is 24.0. The highest BCUT2D eigenvalue weighted by atomic mass is 32.1. The number of nitrogens with two attached hydrogens (primary N) is 1. The van der Waals surface area contributed by atoms with E-state index in [1.54, 1.807) is 0 Å². The summed E-state index contributed by atoms with van der Waals surface area (Å²) < 4.78 is 0. The monoisotopic (exact) mass is 322 g/mol. The van der Waals surface area contributed by atoms with E-state index in [1.807, 2.05) is 0 Å². The number of rotatable bonds is 4. The van der Waals surface area contributed by atoms with Crippen LogP contribution in [0.3, 0.4) is 0 Å². The summed E-state index contributed by atoms with van der Waals surface area (Å²) in [7, 11) is 0. The molecule has 0 atom stereocenters. The Labute approximate surface area is 134 Å². The van der Waals surface area contributed by atoms with Crippen LogP contribution in [-0.4, -0.2) is 31.4 Å². The minimum atomic E-state index is -0.422. The van der Waals surface area contributed by atoms with E-state index in [2.05, 4.69) is 12.2 Å². The second-order valence-corrected chi connectivity index (χ2v) is 7.69. The average molecular weight is 322 g/mol. The van der Waals surface area contributed by atoms with Gasteiger partial charge in [-0.3, -0.25) is 9.59 Å². The lowest BCUT2D eigenvalue weighted by atomic mass is 9.99. The van der Waals surface area contributed by atoms with Gasteiger partial charge in [0.2, 0.25) is 0 Å². The van der Waals surface area contributed by atoms with Gasteiger partial charge in [-0.05, 0) is 43.6 Å². The number of carbonyl (C=O) groups is 2. The van der Waals surface area contributed by atoms with Crippen LogP contribution in [0.4, 0.5) is 5.00 Å². The molecule has 5 nitrogen and oxygen atoms in total. The van der Waals surface area contributed by atoms with E-state index >= 15 is 0 Å². The average Bonchev–Trinajstić information content (AvgIpc) is 3.01. The van der Waals surface area contributed by atoms with Crippen LogP contribution in [0.15, 0.2) is 0 Å². The first kappa shape index (κ1) is 15.5. The zero-order chi connectivity index (χ0) is 15.7. The summed E-state index contributed by atoms with van der Waals surface area (Å²) in [6.45, 7) is 4.85. The highest BCUT2D eigenvalue weighted by Crippen LogP contribution is 2.38. The van der Waals surface area contributed by atoms with Crippen molar-refractivity contribution in [3.05, 3.63) is 16.0 Å². The maximum Gasteiger partial charge on any atom is 0.280 e. The Bertz CT molecular complexity index is 588. The van der Waals surface area contributed by atoms with Gasteiger partial charge >= 0.3 is 0 Å². The van der Waals surface area contributed by atoms with Gasteiger partial charge in [0.1, 0.15) is 5.00 Å². The molecule has 0 saturated carbocycles. The van der Waals surface area contributed by atoms with E-state index in [-0.39, 0.29) is 5.91 Å². The standard InChI is InChI=1S/C16H23N3O2S/c1-10-5-7-19(8-6-10)9-13(20)18-16-14(15(17)21)11-3-2-4-12(11)22-16/h10H,2-9H2,1H3,(H2,17,21)(H,18,20)/p+1. The highest BCUT2D eigenvalue weighted by Gasteiger charge is 2.27. The second-order valence-electron chi connectivity index (χ2n) is 6.58. The number of carbonyl (C=O) groups excluding carboxylic acids is 2. The molecule has 0 radical (unpaired) electrons. The molecular formula is C16H24N3O2S+. The molecule has 0 spiro atoms. The molecule has 4 N–H and O–H groups in total. The van der Waals surface area contributed by atoms with Crippen molar-refractivity contribution in [1.29, 1.82) is 0 Å². The van der Waals surface area contributed by atoms with Crippen molar-refractivity contribution in [3.8, 4) is 0 Å². The number of aryl methyl sites for hydroxylation is 1. The Morgan fingerprint density at radius 1 is 1.32 bits per heavy atom. The van der Waals surface area contributed by atoms with Crippen LogP contribution in [0.5, 0.6) is 0 Å². The number of likely N-dealkylation sites (tertiary alicyclic amines) is 1. The predicted octanol–water partition coefficient (Wildman–Crippen LogP) is 0.589. The van der Waals surface area contributed by atoms with Crippen LogP contribution in [0.2, 0.25) is 0 Å². The lowest BCUT2D eigenvalue weighted by Gasteiger charge is -2.26. The van der Waals surface area contributed by atoms with Gasteiger partial charge in [0.05, 0.1) is 18.7 Å². The first-order valence-electron chi connectivity index (χ1n) is 8.12. The fraction of sp³-hybridized carbons (Fsp3) is 0.625. The van der Waals surface area contributed by atoms with Gasteiger partial charge in [0.25, 0.3) is 11.8 Å². The zero-order valence-corrected chi connectivity index (χ0v) is 13.9.